The minimum Gasteiger partial charge on any atom is -0.497 e. The average molecular weight is 281 g/mol. The largest absolute Gasteiger partial charge is 0.497 e. The van der Waals surface area contributed by atoms with Gasteiger partial charge < -0.3 is 4.74 Å². The first kappa shape index (κ1) is 11.2. The highest BCUT2D eigenvalue weighted by molar-refractivity contribution is 9.10. The smallest absolute Gasteiger partial charge is 0.119 e. The quantitative estimate of drug-likeness (QED) is 0.845. The number of aryl methyl sites for hydroxylation is 1. The number of hydrogen-bond donors (Lipinski definition) is 0. The third-order valence-electron chi connectivity index (χ3n) is 2.60. The van der Waals surface area contributed by atoms with Crippen molar-refractivity contribution in [1.29, 1.82) is 0 Å². The molecule has 0 amide bonds. The van der Waals surface area contributed by atoms with Gasteiger partial charge in [0.1, 0.15) is 11.4 Å². The Morgan fingerprint density at radius 1 is 1.38 bits per heavy atom. The van der Waals surface area contributed by atoms with Crippen molar-refractivity contribution in [3.8, 4) is 17.0 Å². The van der Waals surface area contributed by atoms with E-state index in [1.54, 1.807) is 7.11 Å². The van der Waals surface area contributed by atoms with E-state index in [-0.39, 0.29) is 0 Å². The minimum atomic E-state index is 0.840. The van der Waals surface area contributed by atoms with Gasteiger partial charge in [0.15, 0.2) is 0 Å². The zero-order valence-corrected chi connectivity index (χ0v) is 11.1. The average Bonchev–Trinajstić information content (AvgIpc) is 2.57. The number of ether oxygens (including phenoxy) is 1. The Kier molecular flexibility index (Phi) is 3.01. The summed E-state index contributed by atoms with van der Waals surface area (Å²) in [6, 6.07) is 7.89. The van der Waals surface area contributed by atoms with Crippen LogP contribution in [-0.4, -0.2) is 16.9 Å². The number of methoxy groups -OCH3 is 1. The van der Waals surface area contributed by atoms with E-state index in [9.17, 15) is 0 Å². The molecule has 0 fully saturated rings. The van der Waals surface area contributed by atoms with Crippen LogP contribution in [0, 0.1) is 6.92 Å². The van der Waals surface area contributed by atoms with Gasteiger partial charge in [-0.2, -0.15) is 5.10 Å². The lowest BCUT2D eigenvalue weighted by Crippen LogP contribution is -1.92. The Labute approximate surface area is 103 Å². The van der Waals surface area contributed by atoms with Crippen LogP contribution in [0.1, 0.15) is 5.69 Å². The molecule has 3 nitrogen and oxygen atoms in total. The molecule has 0 aliphatic carbocycles. The molecule has 4 heteroatoms. The molecule has 0 N–H and O–H groups in total. The first-order valence-corrected chi connectivity index (χ1v) is 5.76. The van der Waals surface area contributed by atoms with Crippen molar-refractivity contribution in [2.45, 2.75) is 6.92 Å². The molecule has 0 bridgehead atoms. The van der Waals surface area contributed by atoms with Crippen molar-refractivity contribution >= 4 is 15.9 Å². The van der Waals surface area contributed by atoms with Gasteiger partial charge in [-0.05, 0) is 35.0 Å². The van der Waals surface area contributed by atoms with Crippen molar-refractivity contribution in [3.05, 3.63) is 34.4 Å². The number of rotatable bonds is 2. The molecular weight excluding hydrogens is 268 g/mol. The number of halogens is 1. The maximum absolute atomic E-state index is 5.20. The summed E-state index contributed by atoms with van der Waals surface area (Å²) < 4.78 is 8.09. The molecule has 1 aromatic heterocycles. The van der Waals surface area contributed by atoms with Gasteiger partial charge in [0.25, 0.3) is 0 Å². The van der Waals surface area contributed by atoms with Crippen molar-refractivity contribution in [2.24, 2.45) is 7.05 Å². The second kappa shape index (κ2) is 4.29. The zero-order chi connectivity index (χ0) is 11.7. The summed E-state index contributed by atoms with van der Waals surface area (Å²) in [5, 5.41) is 4.47. The lowest BCUT2D eigenvalue weighted by atomic mass is 10.1. The lowest BCUT2D eigenvalue weighted by molar-refractivity contribution is 0.415. The van der Waals surface area contributed by atoms with Crippen molar-refractivity contribution < 1.29 is 4.74 Å². The SMILES string of the molecule is COc1cccc(-c2nn(C)c(C)c2Br)c1. The molecule has 2 aromatic rings. The van der Waals surface area contributed by atoms with Gasteiger partial charge in [-0.15, -0.1) is 0 Å². The standard InChI is InChI=1S/C12H13BrN2O/c1-8-11(13)12(14-15(8)2)9-5-4-6-10(7-9)16-3/h4-7H,1-3H3. The Morgan fingerprint density at radius 3 is 2.69 bits per heavy atom. The van der Waals surface area contributed by atoms with Crippen LogP contribution < -0.4 is 4.74 Å². The lowest BCUT2D eigenvalue weighted by Gasteiger charge is -2.02. The molecule has 2 rings (SSSR count). The van der Waals surface area contributed by atoms with Crippen LogP contribution in [0.25, 0.3) is 11.3 Å². The molecule has 84 valence electrons. The molecule has 0 unspecified atom stereocenters. The molecule has 0 aliphatic rings. The Morgan fingerprint density at radius 2 is 2.12 bits per heavy atom. The molecular formula is C12H13BrN2O. The van der Waals surface area contributed by atoms with Gasteiger partial charge in [-0.25, -0.2) is 0 Å². The van der Waals surface area contributed by atoms with Crippen molar-refractivity contribution in [3.63, 3.8) is 0 Å². The summed E-state index contributed by atoms with van der Waals surface area (Å²) >= 11 is 3.56. The van der Waals surface area contributed by atoms with E-state index < -0.39 is 0 Å². The van der Waals surface area contributed by atoms with Gasteiger partial charge in [0.2, 0.25) is 0 Å². The molecule has 1 aromatic carbocycles. The predicted molar refractivity (Wildman–Crippen MR) is 67.6 cm³/mol. The second-order valence-electron chi connectivity index (χ2n) is 3.60. The Hall–Kier alpha value is -1.29. The van der Waals surface area contributed by atoms with Gasteiger partial charge >= 0.3 is 0 Å². The number of aromatic nitrogens is 2. The van der Waals surface area contributed by atoms with E-state index in [1.807, 2.05) is 42.9 Å². The fraction of sp³-hybridized carbons (Fsp3) is 0.250. The molecule has 0 spiro atoms. The van der Waals surface area contributed by atoms with Crippen LogP contribution in [0.4, 0.5) is 0 Å². The van der Waals surface area contributed by atoms with Crippen LogP contribution in [-0.2, 0) is 7.05 Å². The molecule has 16 heavy (non-hydrogen) atoms. The van der Waals surface area contributed by atoms with E-state index in [0.717, 1.165) is 27.2 Å². The molecule has 0 aliphatic heterocycles. The fourth-order valence-electron chi connectivity index (χ4n) is 1.54. The normalized spacial score (nSPS) is 10.5. The van der Waals surface area contributed by atoms with Crippen LogP contribution in [0.5, 0.6) is 5.75 Å². The first-order chi connectivity index (χ1) is 7.63. The monoisotopic (exact) mass is 280 g/mol. The summed E-state index contributed by atoms with van der Waals surface area (Å²) in [5.41, 5.74) is 3.10. The highest BCUT2D eigenvalue weighted by Gasteiger charge is 2.12. The number of benzene rings is 1. The van der Waals surface area contributed by atoms with Gasteiger partial charge in [0, 0.05) is 18.3 Å². The van der Waals surface area contributed by atoms with E-state index in [1.165, 1.54) is 0 Å². The zero-order valence-electron chi connectivity index (χ0n) is 9.49. The molecule has 0 saturated heterocycles. The maximum Gasteiger partial charge on any atom is 0.119 e. The third kappa shape index (κ3) is 1.85. The molecule has 0 radical (unpaired) electrons. The predicted octanol–water partition coefficient (Wildman–Crippen LogP) is 3.17. The summed E-state index contributed by atoms with van der Waals surface area (Å²) in [7, 11) is 3.60. The fourth-order valence-corrected chi connectivity index (χ4v) is 2.10. The third-order valence-corrected chi connectivity index (χ3v) is 3.55. The van der Waals surface area contributed by atoms with E-state index >= 15 is 0 Å². The van der Waals surface area contributed by atoms with E-state index in [0.29, 0.717) is 0 Å². The first-order valence-electron chi connectivity index (χ1n) is 4.97. The van der Waals surface area contributed by atoms with Crippen molar-refractivity contribution in [1.82, 2.24) is 9.78 Å². The molecule has 0 atom stereocenters. The van der Waals surface area contributed by atoms with Crippen LogP contribution >= 0.6 is 15.9 Å². The summed E-state index contributed by atoms with van der Waals surface area (Å²) in [6.45, 7) is 2.03. The van der Waals surface area contributed by atoms with Crippen LogP contribution in [0.3, 0.4) is 0 Å². The van der Waals surface area contributed by atoms with E-state index in [2.05, 4.69) is 21.0 Å². The maximum atomic E-state index is 5.20. The van der Waals surface area contributed by atoms with Gasteiger partial charge in [-0.1, -0.05) is 12.1 Å². The Balaban J connectivity index is 2.54. The minimum absolute atomic E-state index is 0.840. The topological polar surface area (TPSA) is 27.1 Å². The van der Waals surface area contributed by atoms with Gasteiger partial charge in [0.05, 0.1) is 11.6 Å². The summed E-state index contributed by atoms with van der Waals surface area (Å²) in [5.74, 6) is 0.840. The van der Waals surface area contributed by atoms with Crippen LogP contribution in [0.2, 0.25) is 0 Å². The Bertz CT molecular complexity index is 520. The summed E-state index contributed by atoms with van der Waals surface area (Å²) in [4.78, 5) is 0. The van der Waals surface area contributed by atoms with E-state index in [4.69, 9.17) is 4.74 Å². The van der Waals surface area contributed by atoms with Gasteiger partial charge in [-0.3, -0.25) is 4.68 Å². The summed E-state index contributed by atoms with van der Waals surface area (Å²) in [6.07, 6.45) is 0. The number of nitrogens with zero attached hydrogens (tertiary/aromatic N) is 2. The molecule has 0 saturated carbocycles. The molecule has 1 heterocycles. The highest BCUT2D eigenvalue weighted by Crippen LogP contribution is 2.31. The second-order valence-corrected chi connectivity index (χ2v) is 4.40. The van der Waals surface area contributed by atoms with Crippen LogP contribution in [0.15, 0.2) is 28.7 Å². The van der Waals surface area contributed by atoms with Crippen molar-refractivity contribution in [2.75, 3.05) is 7.11 Å². The number of hydrogen-bond acceptors (Lipinski definition) is 2. The highest BCUT2D eigenvalue weighted by atomic mass is 79.9.